The summed E-state index contributed by atoms with van der Waals surface area (Å²) in [6.45, 7) is 33.1. The van der Waals surface area contributed by atoms with E-state index in [0.29, 0.717) is 9.54 Å². The molecule has 0 saturated heterocycles. The van der Waals surface area contributed by atoms with E-state index in [1.807, 2.05) is 0 Å². The van der Waals surface area contributed by atoms with Crippen molar-refractivity contribution in [2.24, 2.45) is 5.92 Å². The number of halogens is 2. The van der Waals surface area contributed by atoms with Crippen molar-refractivity contribution in [3.63, 3.8) is 0 Å². The van der Waals surface area contributed by atoms with Crippen molar-refractivity contribution in [1.29, 1.82) is 0 Å². The normalized spacial score (nSPS) is 15.7. The second-order valence-electron chi connectivity index (χ2n) is 17.0. The first kappa shape index (κ1) is 40.5. The zero-order valence-corrected chi connectivity index (χ0v) is 36.8. The molecule has 0 aromatic heterocycles. The van der Waals surface area contributed by atoms with Gasteiger partial charge in [0.05, 0.1) is 0 Å². The summed E-state index contributed by atoms with van der Waals surface area (Å²) in [6, 6.07) is 29.4. The number of allylic oxidation sites excluding steroid dienone is 4. The fraction of sp³-hybridized carbons (Fsp3) is 0.383. The van der Waals surface area contributed by atoms with Gasteiger partial charge in [-0.2, -0.15) is 0 Å². The van der Waals surface area contributed by atoms with Gasteiger partial charge in [-0.05, 0) is 0 Å². The van der Waals surface area contributed by atoms with E-state index in [2.05, 4.69) is 170 Å². The molecule has 3 heteroatoms. The molecular weight excluding hydrogens is 727 g/mol. The zero-order chi connectivity index (χ0) is 35.0. The largest absolute Gasteiger partial charge is 1.00 e. The smallest absolute Gasteiger partial charge is 1.00 e. The van der Waals surface area contributed by atoms with Crippen LogP contribution in [0.15, 0.2) is 92.8 Å². The molecule has 0 saturated carbocycles. The Balaban J connectivity index is 0.00000281. The summed E-state index contributed by atoms with van der Waals surface area (Å²) >= 11 is -2.91. The molecule has 4 aromatic rings. The molecule has 0 aliphatic heterocycles. The predicted octanol–water partition coefficient (Wildman–Crippen LogP) is 6.74. The molecule has 0 bridgehead atoms. The fourth-order valence-corrected chi connectivity index (χ4v) is 19.0. The molecule has 6 rings (SSSR count). The van der Waals surface area contributed by atoms with E-state index in [1.54, 1.807) is 28.8 Å². The van der Waals surface area contributed by atoms with Crippen molar-refractivity contribution >= 4 is 3.21 Å². The summed E-state index contributed by atoms with van der Waals surface area (Å²) in [5.41, 5.74) is 22.1. The van der Waals surface area contributed by atoms with E-state index in [4.69, 9.17) is 0 Å². The molecule has 0 radical (unpaired) electrons. The molecule has 2 aliphatic rings. The molecule has 2 aliphatic carbocycles. The summed E-state index contributed by atoms with van der Waals surface area (Å²) in [5, 5.41) is 0. The number of aryl methyl sites for hydroxylation is 4. The van der Waals surface area contributed by atoms with Gasteiger partial charge in [-0.15, -0.1) is 0 Å². The molecular formula is C47H56Cl2Zr. The first-order chi connectivity index (χ1) is 22.4. The third-order valence-electron chi connectivity index (χ3n) is 11.5. The molecule has 0 fully saturated rings. The SMILES string of the molecule is CC1=C(C)C(C)[C]([Zr+2](=[C](c2ccc(C)cc2)c2ccc(C)cc2)[CH]2c3cc(C)c(C(C)(C)C)cc3-c3cc(C(C)(C)C)c(C)cc32)=C1C.[Cl-].[Cl-]. The minimum atomic E-state index is -2.91. The quantitative estimate of drug-likeness (QED) is 0.215. The van der Waals surface area contributed by atoms with Gasteiger partial charge in [-0.1, -0.05) is 0 Å². The maximum absolute atomic E-state index is 2.91. The summed E-state index contributed by atoms with van der Waals surface area (Å²) in [5.74, 6) is 0.461. The van der Waals surface area contributed by atoms with Crippen LogP contribution in [0.1, 0.15) is 128 Å². The Morgan fingerprint density at radius 1 is 0.540 bits per heavy atom. The van der Waals surface area contributed by atoms with Crippen LogP contribution in [0.3, 0.4) is 0 Å². The van der Waals surface area contributed by atoms with Crippen LogP contribution >= 0.6 is 0 Å². The fourth-order valence-electron chi connectivity index (χ4n) is 8.65. The number of hydrogen-bond donors (Lipinski definition) is 0. The minimum absolute atomic E-state index is 0. The third-order valence-corrected chi connectivity index (χ3v) is 20.6. The van der Waals surface area contributed by atoms with Gasteiger partial charge in [-0.25, -0.2) is 0 Å². The maximum Gasteiger partial charge on any atom is -1.00 e. The molecule has 4 aromatic carbocycles. The van der Waals surface area contributed by atoms with E-state index < -0.39 is 21.3 Å². The van der Waals surface area contributed by atoms with Gasteiger partial charge < -0.3 is 24.8 Å². The summed E-state index contributed by atoms with van der Waals surface area (Å²) < 4.78 is 3.81. The van der Waals surface area contributed by atoms with Crippen molar-refractivity contribution in [3.05, 3.63) is 148 Å². The van der Waals surface area contributed by atoms with Crippen molar-refractivity contribution in [3.8, 4) is 11.1 Å². The number of rotatable bonds is 4. The van der Waals surface area contributed by atoms with Crippen LogP contribution in [0, 0.1) is 33.6 Å². The average molecular weight is 783 g/mol. The summed E-state index contributed by atoms with van der Waals surface area (Å²) in [7, 11) is 0. The molecule has 0 N–H and O–H groups in total. The average Bonchev–Trinajstić information content (AvgIpc) is 3.40. The van der Waals surface area contributed by atoms with Gasteiger partial charge >= 0.3 is 301 Å². The van der Waals surface area contributed by atoms with Crippen LogP contribution in [0.2, 0.25) is 0 Å². The third kappa shape index (κ3) is 7.06. The molecule has 0 amide bonds. The molecule has 1 atom stereocenters. The van der Waals surface area contributed by atoms with Crippen LogP contribution in [-0.2, 0) is 32.1 Å². The van der Waals surface area contributed by atoms with Gasteiger partial charge in [0, 0.05) is 0 Å². The Kier molecular flexibility index (Phi) is 11.8. The van der Waals surface area contributed by atoms with Crippen LogP contribution in [0.25, 0.3) is 11.1 Å². The molecule has 0 heterocycles. The molecule has 50 heavy (non-hydrogen) atoms. The van der Waals surface area contributed by atoms with Gasteiger partial charge in [0.2, 0.25) is 0 Å². The van der Waals surface area contributed by atoms with Gasteiger partial charge in [0.1, 0.15) is 0 Å². The molecule has 0 spiro atoms. The van der Waals surface area contributed by atoms with Crippen LogP contribution < -0.4 is 24.8 Å². The van der Waals surface area contributed by atoms with Gasteiger partial charge in [0.25, 0.3) is 0 Å². The van der Waals surface area contributed by atoms with Gasteiger partial charge in [-0.3, -0.25) is 0 Å². The first-order valence-corrected chi connectivity index (χ1v) is 21.9. The Morgan fingerprint density at radius 2 is 0.920 bits per heavy atom. The van der Waals surface area contributed by atoms with E-state index in [9.17, 15) is 0 Å². The second-order valence-corrected chi connectivity index (χ2v) is 23.0. The Bertz CT molecular complexity index is 1920. The van der Waals surface area contributed by atoms with E-state index >= 15 is 0 Å². The Morgan fingerprint density at radius 3 is 1.24 bits per heavy atom. The Labute approximate surface area is 323 Å². The van der Waals surface area contributed by atoms with E-state index in [1.165, 1.54) is 61.2 Å². The Hall–Kier alpha value is -2.31. The predicted molar refractivity (Wildman–Crippen MR) is 206 cm³/mol. The molecule has 262 valence electrons. The number of hydrogen-bond acceptors (Lipinski definition) is 0. The van der Waals surface area contributed by atoms with Crippen LogP contribution in [0.5, 0.6) is 0 Å². The second kappa shape index (κ2) is 14.6. The van der Waals surface area contributed by atoms with E-state index in [-0.39, 0.29) is 35.6 Å². The molecule has 0 nitrogen and oxygen atoms in total. The standard InChI is InChI=1S/C23H29.C15H14.C9H13.2ClH.Zr/c1-14-9-16-11-17-10-15(2)21(23(6,7)8)13-19(17)18(16)12-20(14)22(3,4)5;1-12-3-7-14(8-4-12)11-15-9-5-13(2)6-10-15;1-6-5-7(2)9(4)8(6)3;;;/h9-13H,1-8H3;3-10H,1-2H3;6H,1-4H3;2*1H;/q;;;;;+2/p-2. The number of benzene rings is 4. The first-order valence-electron chi connectivity index (χ1n) is 18.0. The molecule has 1 unspecified atom stereocenters. The minimum Gasteiger partial charge on any atom is -1.00 e. The van der Waals surface area contributed by atoms with Gasteiger partial charge in [0.15, 0.2) is 0 Å². The van der Waals surface area contributed by atoms with Crippen molar-refractivity contribution in [2.75, 3.05) is 0 Å². The number of fused-ring (bicyclic) bond motifs is 3. The van der Waals surface area contributed by atoms with Crippen LogP contribution in [0.4, 0.5) is 0 Å². The van der Waals surface area contributed by atoms with Crippen molar-refractivity contribution < 1.29 is 46.1 Å². The topological polar surface area (TPSA) is 0 Å². The van der Waals surface area contributed by atoms with E-state index in [0.717, 1.165) is 0 Å². The maximum atomic E-state index is 2.62. The monoisotopic (exact) mass is 780 g/mol. The van der Waals surface area contributed by atoms with Crippen molar-refractivity contribution in [2.45, 2.75) is 111 Å². The zero-order valence-electron chi connectivity index (χ0n) is 32.8. The van der Waals surface area contributed by atoms with Crippen molar-refractivity contribution in [1.82, 2.24) is 0 Å². The van der Waals surface area contributed by atoms with Crippen LogP contribution in [-0.4, -0.2) is 3.21 Å². The summed E-state index contributed by atoms with van der Waals surface area (Å²) in [6.07, 6.45) is 0. The summed E-state index contributed by atoms with van der Waals surface area (Å²) in [4.78, 5) is 0.